The summed E-state index contributed by atoms with van der Waals surface area (Å²) in [6.45, 7) is 3.49. The predicted octanol–water partition coefficient (Wildman–Crippen LogP) is 2.23. The van der Waals surface area contributed by atoms with Gasteiger partial charge < -0.3 is 19.9 Å². The van der Waals surface area contributed by atoms with E-state index in [1.54, 1.807) is 7.11 Å². The fourth-order valence-corrected chi connectivity index (χ4v) is 3.71. The highest BCUT2D eigenvalue weighted by atomic mass is 16.5. The minimum atomic E-state index is -0.435. The van der Waals surface area contributed by atoms with Gasteiger partial charge in [0.15, 0.2) is 0 Å². The molecule has 6 heteroatoms. The molecule has 3 aromatic carbocycles. The molecule has 6 nitrogen and oxygen atoms in total. The average Bonchev–Trinajstić information content (AvgIpc) is 2.77. The molecule has 1 aliphatic heterocycles. The number of nitrogens with zero attached hydrogens (tertiary/aromatic N) is 2. The molecule has 0 unspecified atom stereocenters. The summed E-state index contributed by atoms with van der Waals surface area (Å²) in [5.41, 5.74) is 2.24. The van der Waals surface area contributed by atoms with Crippen molar-refractivity contribution in [2.24, 2.45) is 0 Å². The van der Waals surface area contributed by atoms with Crippen LogP contribution in [0.5, 0.6) is 5.75 Å². The van der Waals surface area contributed by atoms with Crippen molar-refractivity contribution in [1.82, 2.24) is 0 Å². The fourth-order valence-electron chi connectivity index (χ4n) is 3.71. The highest BCUT2D eigenvalue weighted by molar-refractivity contribution is 5.75. The molecule has 0 atom stereocenters. The fraction of sp³-hybridized carbons (Fsp3) is 0.273. The number of rotatable bonds is 6. The molecule has 1 fully saturated rings. The van der Waals surface area contributed by atoms with Crippen LogP contribution < -0.4 is 30.7 Å². The van der Waals surface area contributed by atoms with Crippen molar-refractivity contribution in [1.29, 1.82) is 0 Å². The van der Waals surface area contributed by atoms with Crippen LogP contribution in [0.15, 0.2) is 64.2 Å². The van der Waals surface area contributed by atoms with Gasteiger partial charge in [0.25, 0.3) is 10.9 Å². The van der Waals surface area contributed by atoms with E-state index in [0.717, 1.165) is 24.4 Å². The van der Waals surface area contributed by atoms with Crippen molar-refractivity contribution in [3.63, 3.8) is 0 Å². The number of benzene rings is 2. The maximum Gasteiger partial charge on any atom is 0.253 e. The van der Waals surface area contributed by atoms with E-state index in [2.05, 4.69) is 22.3 Å². The molecule has 1 N–H and O–H groups in total. The van der Waals surface area contributed by atoms with Gasteiger partial charge in [-0.15, -0.1) is 0 Å². The molecule has 3 aromatic rings. The van der Waals surface area contributed by atoms with Crippen molar-refractivity contribution >= 4 is 17.1 Å². The maximum absolute atomic E-state index is 12.2. The molecule has 0 bridgehead atoms. The summed E-state index contributed by atoms with van der Waals surface area (Å²) in [4.78, 5) is 28.7. The van der Waals surface area contributed by atoms with E-state index in [9.17, 15) is 9.59 Å². The maximum atomic E-state index is 12.2. The summed E-state index contributed by atoms with van der Waals surface area (Å²) in [7, 11) is 1.62. The van der Waals surface area contributed by atoms with Crippen molar-refractivity contribution in [3.8, 4) is 5.75 Å². The van der Waals surface area contributed by atoms with E-state index in [-0.39, 0.29) is 0 Å². The van der Waals surface area contributed by atoms with Gasteiger partial charge in [-0.2, -0.15) is 0 Å². The van der Waals surface area contributed by atoms with Gasteiger partial charge in [-0.05, 0) is 18.2 Å². The molecule has 0 amide bonds. The number of anilines is 3. The Labute approximate surface area is 163 Å². The quantitative estimate of drug-likeness (QED) is 0.665. The van der Waals surface area contributed by atoms with E-state index in [1.807, 2.05) is 47.4 Å². The zero-order chi connectivity index (χ0) is 19.5. The summed E-state index contributed by atoms with van der Waals surface area (Å²) < 4.78 is 5.35. The Bertz CT molecular complexity index is 1020. The molecule has 1 heterocycles. The summed E-state index contributed by atoms with van der Waals surface area (Å²) in [6, 6.07) is 17.9. The molecule has 1 saturated heterocycles. The van der Waals surface area contributed by atoms with Crippen LogP contribution >= 0.6 is 0 Å². The van der Waals surface area contributed by atoms with Crippen LogP contribution in [0, 0.1) is 0 Å². The lowest BCUT2D eigenvalue weighted by Crippen LogP contribution is -2.51. The second kappa shape index (κ2) is 7.76. The smallest absolute Gasteiger partial charge is 0.253 e. The monoisotopic (exact) mass is 377 g/mol. The van der Waals surface area contributed by atoms with Crippen LogP contribution in [-0.2, 0) is 6.54 Å². The summed E-state index contributed by atoms with van der Waals surface area (Å²) in [5.74, 6) is 0.756. The van der Waals surface area contributed by atoms with Crippen molar-refractivity contribution in [3.05, 3.63) is 80.6 Å². The van der Waals surface area contributed by atoms with Crippen molar-refractivity contribution in [2.45, 2.75) is 6.54 Å². The van der Waals surface area contributed by atoms with E-state index in [4.69, 9.17) is 4.74 Å². The number of ether oxygens (including phenoxy) is 1. The molecule has 144 valence electrons. The molecule has 0 saturated carbocycles. The number of nitrogens with one attached hydrogen (secondary N) is 1. The Kier molecular flexibility index (Phi) is 5.02. The van der Waals surface area contributed by atoms with E-state index in [0.29, 0.717) is 31.0 Å². The second-order valence-corrected chi connectivity index (χ2v) is 6.86. The molecule has 0 radical (unpaired) electrons. The molecule has 0 aliphatic carbocycles. The molecule has 4 rings (SSSR count). The minimum Gasteiger partial charge on any atom is -0.496 e. The number of para-hydroxylation sites is 2. The Balaban J connectivity index is 1.45. The Morgan fingerprint density at radius 3 is 2.21 bits per heavy atom. The number of hydrogen-bond donors (Lipinski definition) is 1. The first-order chi connectivity index (χ1) is 13.7. The average molecular weight is 377 g/mol. The molecular formula is C22H23N3O3. The Morgan fingerprint density at radius 2 is 1.50 bits per heavy atom. The first-order valence-corrected chi connectivity index (χ1v) is 9.43. The van der Waals surface area contributed by atoms with Crippen molar-refractivity contribution < 1.29 is 4.74 Å². The molecule has 0 aromatic heterocycles. The van der Waals surface area contributed by atoms with Gasteiger partial charge in [-0.3, -0.25) is 9.59 Å². The largest absolute Gasteiger partial charge is 0.496 e. The van der Waals surface area contributed by atoms with Crippen LogP contribution in [0.2, 0.25) is 0 Å². The third-order valence-electron chi connectivity index (χ3n) is 5.25. The number of hydrogen-bond acceptors (Lipinski definition) is 6. The van der Waals surface area contributed by atoms with Crippen LogP contribution in [0.1, 0.15) is 5.56 Å². The summed E-state index contributed by atoms with van der Waals surface area (Å²) >= 11 is 0. The van der Waals surface area contributed by atoms with E-state index >= 15 is 0 Å². The van der Waals surface area contributed by atoms with Gasteiger partial charge in [0.1, 0.15) is 17.1 Å². The van der Waals surface area contributed by atoms with Gasteiger partial charge >= 0.3 is 0 Å². The number of piperazine rings is 1. The topological polar surface area (TPSA) is 61.9 Å². The van der Waals surface area contributed by atoms with Crippen LogP contribution in [0.3, 0.4) is 0 Å². The third kappa shape index (κ3) is 3.33. The predicted molar refractivity (Wildman–Crippen MR) is 113 cm³/mol. The van der Waals surface area contributed by atoms with Gasteiger partial charge in [0, 0.05) is 44.0 Å². The minimum absolute atomic E-state index is 0.393. The Hall–Kier alpha value is -3.28. The Morgan fingerprint density at radius 1 is 0.857 bits per heavy atom. The third-order valence-corrected chi connectivity index (χ3v) is 5.25. The lowest BCUT2D eigenvalue weighted by atomic mass is 10.1. The normalized spacial score (nSPS) is 14.3. The lowest BCUT2D eigenvalue weighted by Gasteiger charge is -2.38. The highest BCUT2D eigenvalue weighted by Crippen LogP contribution is 2.25. The van der Waals surface area contributed by atoms with Gasteiger partial charge in [0.2, 0.25) is 0 Å². The first-order valence-electron chi connectivity index (χ1n) is 9.43. The van der Waals surface area contributed by atoms with Crippen LogP contribution in [-0.4, -0.2) is 33.3 Å². The molecule has 28 heavy (non-hydrogen) atoms. The van der Waals surface area contributed by atoms with Gasteiger partial charge in [-0.25, -0.2) is 0 Å². The zero-order valence-electron chi connectivity index (χ0n) is 15.9. The van der Waals surface area contributed by atoms with E-state index < -0.39 is 10.9 Å². The first kappa shape index (κ1) is 18.1. The standard InChI is InChI=1S/C22H23N3O3/c1-28-18-10-6-5-7-16(18)15-23-19-20(22(27)21(19)26)25-13-11-24(12-14-25)17-8-3-2-4-9-17/h2-10,23H,11-15H2,1H3. The van der Waals surface area contributed by atoms with Crippen LogP contribution in [0.4, 0.5) is 17.1 Å². The highest BCUT2D eigenvalue weighted by Gasteiger charge is 2.28. The summed E-state index contributed by atoms with van der Waals surface area (Å²) in [5, 5.41) is 3.15. The SMILES string of the molecule is COc1ccccc1CNc1c(N2CCN(c3ccccc3)CC2)c(=O)c1=O. The zero-order valence-corrected chi connectivity index (χ0v) is 15.9. The second-order valence-electron chi connectivity index (χ2n) is 6.86. The van der Waals surface area contributed by atoms with Gasteiger partial charge in [0.05, 0.1) is 7.11 Å². The number of methoxy groups -OCH3 is 1. The van der Waals surface area contributed by atoms with Crippen LogP contribution in [0.25, 0.3) is 0 Å². The molecule has 0 spiro atoms. The summed E-state index contributed by atoms with van der Waals surface area (Å²) in [6.07, 6.45) is 0. The van der Waals surface area contributed by atoms with Crippen molar-refractivity contribution in [2.75, 3.05) is 48.4 Å². The van der Waals surface area contributed by atoms with E-state index in [1.165, 1.54) is 5.69 Å². The molecular weight excluding hydrogens is 354 g/mol. The molecule has 1 aliphatic rings. The lowest BCUT2D eigenvalue weighted by molar-refractivity contribution is 0.410. The van der Waals surface area contributed by atoms with Gasteiger partial charge in [-0.1, -0.05) is 36.4 Å².